The van der Waals surface area contributed by atoms with Crippen molar-refractivity contribution in [3.63, 3.8) is 0 Å². The molecule has 0 aliphatic rings. The van der Waals surface area contributed by atoms with Gasteiger partial charge in [-0.25, -0.2) is 4.98 Å². The minimum atomic E-state index is -0.249. The molecule has 25 heavy (non-hydrogen) atoms. The number of hydrogen-bond acceptors (Lipinski definition) is 7. The first kappa shape index (κ1) is 21.4. The number of rotatable bonds is 8. The highest BCUT2D eigenvalue weighted by molar-refractivity contribution is 7.99. The van der Waals surface area contributed by atoms with Crippen molar-refractivity contribution >= 4 is 53.1 Å². The molecular weight excluding hydrogens is 382 g/mol. The van der Waals surface area contributed by atoms with Crippen molar-refractivity contribution in [1.82, 2.24) is 4.98 Å². The van der Waals surface area contributed by atoms with Crippen LogP contribution in [0.25, 0.3) is 0 Å². The van der Waals surface area contributed by atoms with Crippen molar-refractivity contribution in [2.24, 2.45) is 5.73 Å². The first-order chi connectivity index (χ1) is 11.6. The van der Waals surface area contributed by atoms with E-state index in [9.17, 15) is 9.59 Å². The molecule has 0 atom stereocenters. The molecule has 1 amide bonds. The van der Waals surface area contributed by atoms with E-state index in [4.69, 9.17) is 5.73 Å². The number of carbonyl (C=O) groups is 2. The summed E-state index contributed by atoms with van der Waals surface area (Å²) in [7, 11) is 1.37. The van der Waals surface area contributed by atoms with Gasteiger partial charge in [0.1, 0.15) is 5.69 Å². The summed E-state index contributed by atoms with van der Waals surface area (Å²) < 4.78 is 4.60. The van der Waals surface area contributed by atoms with Gasteiger partial charge in [0.25, 0.3) is 5.91 Å². The maximum absolute atomic E-state index is 12.2. The number of anilines is 1. The van der Waals surface area contributed by atoms with Crippen molar-refractivity contribution < 1.29 is 14.3 Å². The Balaban J connectivity index is 0.00000312. The Hall–Kier alpha value is -1.61. The van der Waals surface area contributed by atoms with Crippen LogP contribution in [0.5, 0.6) is 0 Å². The molecule has 0 bridgehead atoms. The van der Waals surface area contributed by atoms with Gasteiger partial charge in [-0.1, -0.05) is 12.1 Å². The summed E-state index contributed by atoms with van der Waals surface area (Å²) in [6.07, 6.45) is 0.671. The summed E-state index contributed by atoms with van der Waals surface area (Å²) in [5.41, 5.74) is 7.60. The lowest BCUT2D eigenvalue weighted by molar-refractivity contribution is -0.137. The summed E-state index contributed by atoms with van der Waals surface area (Å²) in [5, 5.41) is 5.43. The number of carbonyl (C=O) groups excluding carboxylic acids is 2. The third kappa shape index (κ3) is 7.03. The Labute approximate surface area is 161 Å². The van der Waals surface area contributed by atoms with E-state index in [0.717, 1.165) is 10.6 Å². The van der Waals surface area contributed by atoms with Gasteiger partial charge in [0, 0.05) is 23.2 Å². The molecule has 0 aliphatic heterocycles. The molecule has 1 aromatic carbocycles. The minimum Gasteiger partial charge on any atom is -0.468 e. The van der Waals surface area contributed by atoms with Gasteiger partial charge < -0.3 is 15.8 Å². The number of thioether (sulfide) groups is 1. The number of nitrogens with two attached hydrogens (primary N) is 1. The largest absolute Gasteiger partial charge is 0.468 e. The van der Waals surface area contributed by atoms with E-state index in [2.05, 4.69) is 15.0 Å². The monoisotopic (exact) mass is 401 g/mol. The summed E-state index contributed by atoms with van der Waals surface area (Å²) in [5.74, 6) is 0.474. The van der Waals surface area contributed by atoms with Crippen LogP contribution in [0.4, 0.5) is 5.69 Å². The van der Waals surface area contributed by atoms with Gasteiger partial charge in [-0.3, -0.25) is 9.59 Å². The second-order valence-electron chi connectivity index (χ2n) is 4.89. The van der Waals surface area contributed by atoms with Crippen LogP contribution < -0.4 is 11.1 Å². The smallest absolute Gasteiger partial charge is 0.315 e. The van der Waals surface area contributed by atoms with Gasteiger partial charge in [-0.2, -0.15) is 0 Å². The summed E-state index contributed by atoms with van der Waals surface area (Å²) in [6.45, 7) is 0.514. The first-order valence-corrected chi connectivity index (χ1v) is 9.35. The average Bonchev–Trinajstić information content (AvgIpc) is 3.04. The molecule has 136 valence electrons. The van der Waals surface area contributed by atoms with E-state index in [1.165, 1.54) is 30.2 Å². The van der Waals surface area contributed by atoms with Crippen LogP contribution in [0.1, 0.15) is 21.1 Å². The fourth-order valence-corrected chi connectivity index (χ4v) is 3.49. The Morgan fingerprint density at radius 1 is 1.40 bits per heavy atom. The maximum atomic E-state index is 12.2. The van der Waals surface area contributed by atoms with Crippen LogP contribution in [0, 0.1) is 0 Å². The van der Waals surface area contributed by atoms with Gasteiger partial charge in [-0.05, 0) is 24.2 Å². The summed E-state index contributed by atoms with van der Waals surface area (Å²) in [6, 6.07) is 7.52. The topological polar surface area (TPSA) is 94.3 Å². The Bertz CT molecular complexity index is 709. The predicted molar refractivity (Wildman–Crippen MR) is 105 cm³/mol. The van der Waals surface area contributed by atoms with Gasteiger partial charge in [0.05, 0.1) is 17.9 Å². The van der Waals surface area contributed by atoms with Gasteiger partial charge in [0.2, 0.25) is 0 Å². The molecule has 1 heterocycles. The molecule has 0 saturated heterocycles. The Morgan fingerprint density at radius 3 is 2.92 bits per heavy atom. The van der Waals surface area contributed by atoms with E-state index >= 15 is 0 Å². The van der Waals surface area contributed by atoms with Crippen LogP contribution in [0.2, 0.25) is 0 Å². The van der Waals surface area contributed by atoms with Crippen molar-refractivity contribution in [3.8, 4) is 0 Å². The fourth-order valence-electron chi connectivity index (χ4n) is 1.90. The van der Waals surface area contributed by atoms with Crippen LogP contribution in [0.15, 0.2) is 29.6 Å². The number of hydrogen-bond donors (Lipinski definition) is 2. The van der Waals surface area contributed by atoms with Crippen molar-refractivity contribution in [2.75, 3.05) is 24.7 Å². The van der Waals surface area contributed by atoms with E-state index in [1.54, 1.807) is 5.38 Å². The quantitative estimate of drug-likeness (QED) is 0.660. The molecule has 0 fully saturated rings. The normalized spacial score (nSPS) is 10.0. The van der Waals surface area contributed by atoms with Gasteiger partial charge in [-0.15, -0.1) is 35.5 Å². The second-order valence-corrected chi connectivity index (χ2v) is 6.82. The zero-order chi connectivity index (χ0) is 17.4. The van der Waals surface area contributed by atoms with Crippen molar-refractivity contribution in [2.45, 2.75) is 12.2 Å². The van der Waals surface area contributed by atoms with Gasteiger partial charge in [0.15, 0.2) is 0 Å². The molecule has 2 rings (SSSR count). The van der Waals surface area contributed by atoms with Crippen molar-refractivity contribution in [3.05, 3.63) is 45.9 Å². The number of esters is 1. The van der Waals surface area contributed by atoms with Crippen LogP contribution in [0.3, 0.4) is 0 Å². The molecule has 0 aliphatic carbocycles. The third-order valence-electron chi connectivity index (χ3n) is 3.04. The highest BCUT2D eigenvalue weighted by Gasteiger charge is 2.11. The van der Waals surface area contributed by atoms with E-state index in [0.29, 0.717) is 35.9 Å². The molecule has 3 N–H and O–H groups in total. The molecule has 1 aromatic heterocycles. The predicted octanol–water partition coefficient (Wildman–Crippen LogP) is 2.72. The zero-order valence-corrected chi connectivity index (χ0v) is 16.1. The number of amides is 1. The molecule has 0 saturated carbocycles. The Kier molecular flexibility index (Phi) is 9.51. The lowest BCUT2D eigenvalue weighted by Crippen LogP contribution is -2.13. The number of halogens is 1. The molecule has 0 spiro atoms. The summed E-state index contributed by atoms with van der Waals surface area (Å²) in [4.78, 5) is 27.6. The minimum absolute atomic E-state index is 0. The number of ether oxygens (including phenoxy) is 1. The number of nitrogens with one attached hydrogen (secondary N) is 1. The van der Waals surface area contributed by atoms with Crippen LogP contribution in [-0.4, -0.2) is 36.3 Å². The highest BCUT2D eigenvalue weighted by atomic mass is 35.5. The molecule has 0 radical (unpaired) electrons. The van der Waals surface area contributed by atoms with Gasteiger partial charge >= 0.3 is 5.97 Å². The number of methoxy groups -OCH3 is 1. The highest BCUT2D eigenvalue weighted by Crippen LogP contribution is 2.18. The van der Waals surface area contributed by atoms with Crippen LogP contribution in [-0.2, 0) is 21.7 Å². The Morgan fingerprint density at radius 2 is 2.20 bits per heavy atom. The molecular formula is C16H20ClN3O3S2. The van der Waals surface area contributed by atoms with E-state index < -0.39 is 0 Å². The van der Waals surface area contributed by atoms with Crippen molar-refractivity contribution in [1.29, 1.82) is 0 Å². The van der Waals surface area contributed by atoms with E-state index in [-0.39, 0.29) is 24.3 Å². The first-order valence-electron chi connectivity index (χ1n) is 7.31. The second kappa shape index (κ2) is 11.1. The standard InChI is InChI=1S/C16H19N3O3S2.ClH/c1-22-15(20)10-23-8-11-3-2-4-12(7-11)18-16(21)13-9-24-14(19-13)5-6-17;/h2-4,7,9H,5-6,8,10,17H2,1H3,(H,18,21);1H. The number of aromatic nitrogens is 1. The summed E-state index contributed by atoms with van der Waals surface area (Å²) >= 11 is 2.90. The third-order valence-corrected chi connectivity index (χ3v) is 4.93. The SMILES string of the molecule is COC(=O)CSCc1cccc(NC(=O)c2csc(CCN)n2)c1.Cl. The van der Waals surface area contributed by atoms with E-state index in [1.807, 2.05) is 24.3 Å². The number of nitrogens with zero attached hydrogens (tertiary/aromatic N) is 1. The number of thiazole rings is 1. The number of benzene rings is 1. The fraction of sp³-hybridized carbons (Fsp3) is 0.312. The molecule has 9 heteroatoms. The lowest BCUT2D eigenvalue weighted by Gasteiger charge is -2.06. The maximum Gasteiger partial charge on any atom is 0.315 e. The average molecular weight is 402 g/mol. The molecule has 0 unspecified atom stereocenters. The molecule has 6 nitrogen and oxygen atoms in total. The molecule has 2 aromatic rings. The lowest BCUT2D eigenvalue weighted by atomic mass is 10.2. The van der Waals surface area contributed by atoms with Crippen LogP contribution >= 0.6 is 35.5 Å². The zero-order valence-electron chi connectivity index (χ0n) is 13.7.